The molecule has 0 atom stereocenters. The molecule has 10 nitrogen and oxygen atoms in total. The topological polar surface area (TPSA) is 113 Å². The molecule has 2 saturated heterocycles. The van der Waals surface area contributed by atoms with Gasteiger partial charge in [0.1, 0.15) is 17.2 Å². The monoisotopic (exact) mass is 652 g/mol. The Balaban J connectivity index is 1.04. The highest BCUT2D eigenvalue weighted by atomic mass is 19.1. The van der Waals surface area contributed by atoms with Gasteiger partial charge in [0.2, 0.25) is 5.91 Å². The molecule has 1 aromatic carbocycles. The first-order valence-corrected chi connectivity index (χ1v) is 17.3. The molecule has 2 aromatic rings. The Morgan fingerprint density at radius 1 is 1.13 bits per heavy atom. The Labute approximate surface area is 277 Å². The van der Waals surface area contributed by atoms with Crippen LogP contribution in [0.4, 0.5) is 9.18 Å². The summed E-state index contributed by atoms with van der Waals surface area (Å²) in [4.78, 5) is 34.8. The van der Waals surface area contributed by atoms with Crippen LogP contribution in [0.3, 0.4) is 0 Å². The minimum absolute atomic E-state index is 0.0231. The lowest BCUT2D eigenvalue weighted by molar-refractivity contribution is -0.132. The average Bonchev–Trinajstić information content (AvgIpc) is 3.87. The van der Waals surface area contributed by atoms with Crippen molar-refractivity contribution in [3.05, 3.63) is 47.4 Å². The number of piperidine rings is 1. The molecule has 47 heavy (non-hydrogen) atoms. The smallest absolute Gasteiger partial charge is 0.410 e. The van der Waals surface area contributed by atoms with E-state index in [-0.39, 0.29) is 37.1 Å². The van der Waals surface area contributed by atoms with Crippen molar-refractivity contribution in [2.75, 3.05) is 52.6 Å². The van der Waals surface area contributed by atoms with Gasteiger partial charge in [-0.25, -0.2) is 9.18 Å². The number of ether oxygens (including phenoxy) is 3. The molecule has 256 valence electrons. The summed E-state index contributed by atoms with van der Waals surface area (Å²) in [7, 11) is 0. The van der Waals surface area contributed by atoms with Gasteiger partial charge < -0.3 is 29.5 Å². The molecule has 0 radical (unpaired) electrons. The molecule has 0 unspecified atom stereocenters. The number of aliphatic hydroxyl groups is 1. The van der Waals surface area contributed by atoms with Gasteiger partial charge in [-0.1, -0.05) is 6.92 Å². The van der Waals surface area contributed by atoms with E-state index in [1.807, 2.05) is 18.7 Å². The van der Waals surface area contributed by atoms with Gasteiger partial charge in [-0.05, 0) is 81.2 Å². The largest absolute Gasteiger partial charge is 0.494 e. The number of aromatic nitrogens is 1. The van der Waals surface area contributed by atoms with Crippen LogP contribution in [0.1, 0.15) is 82.3 Å². The summed E-state index contributed by atoms with van der Waals surface area (Å²) in [6.45, 7) is 8.55. The molecule has 3 heterocycles. The first-order chi connectivity index (χ1) is 22.7. The molecule has 4 fully saturated rings. The summed E-state index contributed by atoms with van der Waals surface area (Å²) in [5.74, 6) is 1.01. The second-order valence-electron chi connectivity index (χ2n) is 14.0. The predicted molar refractivity (Wildman–Crippen MR) is 174 cm³/mol. The Kier molecular flexibility index (Phi) is 10.3. The minimum Gasteiger partial charge on any atom is -0.494 e. The van der Waals surface area contributed by atoms with Crippen LogP contribution in [0, 0.1) is 11.2 Å². The van der Waals surface area contributed by atoms with Gasteiger partial charge in [-0.3, -0.25) is 14.7 Å². The lowest BCUT2D eigenvalue weighted by Gasteiger charge is -2.40. The summed E-state index contributed by atoms with van der Waals surface area (Å²) in [6.07, 6.45) is 7.86. The molecule has 4 aliphatic rings. The number of halogens is 1. The third kappa shape index (κ3) is 7.73. The lowest BCUT2D eigenvalue weighted by Crippen LogP contribution is -2.49. The maximum Gasteiger partial charge on any atom is 0.410 e. The van der Waals surface area contributed by atoms with E-state index in [0.717, 1.165) is 80.7 Å². The molecule has 1 spiro atoms. The number of rotatable bonds is 13. The van der Waals surface area contributed by atoms with E-state index in [4.69, 9.17) is 19.3 Å². The number of nitrogens with one attached hydrogen (secondary N) is 1. The fourth-order valence-electron chi connectivity index (χ4n) is 7.49. The molecule has 2 N–H and O–H groups in total. The molecule has 2 aliphatic heterocycles. The number of likely N-dealkylation sites (tertiary alicyclic amines) is 1. The van der Waals surface area contributed by atoms with Crippen LogP contribution in [0.5, 0.6) is 5.75 Å². The van der Waals surface area contributed by atoms with E-state index in [1.165, 1.54) is 17.8 Å². The maximum absolute atomic E-state index is 13.6. The zero-order valence-electron chi connectivity index (χ0n) is 27.8. The molecule has 1 aromatic heterocycles. The Morgan fingerprint density at radius 3 is 2.55 bits per heavy atom. The summed E-state index contributed by atoms with van der Waals surface area (Å²) in [5.41, 5.74) is 3.24. The third-order valence-electron chi connectivity index (χ3n) is 10.5. The Bertz CT molecular complexity index is 1400. The van der Waals surface area contributed by atoms with Crippen molar-refractivity contribution in [2.24, 2.45) is 5.41 Å². The van der Waals surface area contributed by atoms with E-state index < -0.39 is 11.0 Å². The number of amides is 2. The highest BCUT2D eigenvalue weighted by Crippen LogP contribution is 2.47. The number of carbonyl (C=O) groups excluding carboxylic acids is 2. The van der Waals surface area contributed by atoms with Crippen LogP contribution in [-0.2, 0) is 20.8 Å². The summed E-state index contributed by atoms with van der Waals surface area (Å²) in [6, 6.07) is 7.63. The van der Waals surface area contributed by atoms with Gasteiger partial charge in [-0.2, -0.15) is 0 Å². The van der Waals surface area contributed by atoms with E-state index in [9.17, 15) is 14.0 Å². The van der Waals surface area contributed by atoms with Gasteiger partial charge in [0.05, 0.1) is 44.9 Å². The van der Waals surface area contributed by atoms with Crippen LogP contribution < -0.4 is 10.1 Å². The van der Waals surface area contributed by atoms with Crippen LogP contribution in [0.25, 0.3) is 11.3 Å². The van der Waals surface area contributed by atoms with Crippen molar-refractivity contribution in [2.45, 2.75) is 89.3 Å². The normalized spacial score (nSPS) is 24.4. The van der Waals surface area contributed by atoms with Crippen molar-refractivity contribution < 1.29 is 33.3 Å². The number of nitrogens with zero attached hydrogens (tertiary/aromatic N) is 3. The fourth-order valence-corrected chi connectivity index (χ4v) is 7.49. The van der Waals surface area contributed by atoms with Crippen molar-refractivity contribution >= 4 is 12.0 Å². The van der Waals surface area contributed by atoms with Crippen LogP contribution in [0.2, 0.25) is 0 Å². The first kappa shape index (κ1) is 33.6. The van der Waals surface area contributed by atoms with Crippen molar-refractivity contribution in [1.82, 2.24) is 20.1 Å². The number of hydrogen-bond acceptors (Lipinski definition) is 8. The zero-order valence-corrected chi connectivity index (χ0v) is 27.8. The van der Waals surface area contributed by atoms with Gasteiger partial charge >= 0.3 is 6.09 Å². The summed E-state index contributed by atoms with van der Waals surface area (Å²) >= 11 is 0. The van der Waals surface area contributed by atoms with Gasteiger partial charge in [-0.15, -0.1) is 0 Å². The van der Waals surface area contributed by atoms with Crippen molar-refractivity contribution in [1.29, 1.82) is 0 Å². The zero-order chi connectivity index (χ0) is 33.0. The highest BCUT2D eigenvalue weighted by Gasteiger charge is 2.50. The molecule has 2 saturated carbocycles. The first-order valence-electron chi connectivity index (χ1n) is 17.3. The predicted octanol–water partition coefficient (Wildman–Crippen LogP) is 5.02. The molecular weight excluding hydrogens is 603 g/mol. The second-order valence-corrected chi connectivity index (χ2v) is 14.0. The lowest BCUT2D eigenvalue weighted by atomic mass is 9.73. The molecule has 0 bridgehead atoms. The van der Waals surface area contributed by atoms with Gasteiger partial charge in [0, 0.05) is 61.6 Å². The van der Waals surface area contributed by atoms with E-state index in [1.54, 1.807) is 6.07 Å². The number of pyridine rings is 1. The van der Waals surface area contributed by atoms with Crippen LogP contribution in [-0.4, -0.2) is 96.1 Å². The Morgan fingerprint density at radius 2 is 1.89 bits per heavy atom. The molecule has 11 heteroatoms. The van der Waals surface area contributed by atoms with Crippen LogP contribution in [0.15, 0.2) is 30.5 Å². The van der Waals surface area contributed by atoms with E-state index in [2.05, 4.69) is 27.3 Å². The molecule has 2 amide bonds. The number of carbonyl (C=O) groups is 2. The summed E-state index contributed by atoms with van der Waals surface area (Å²) in [5, 5.41) is 11.8. The minimum atomic E-state index is -0.472. The standard InChI is InChI=1S/C36H49FN4O6/c1-3-46-32-21-30(31-7-6-27(37)22-39-31)29(25-4-5-25)20-26(32)23-40-15-12-36(13-16-40)24-41(34(44)47-36)28-8-10-35(2,11-9-28)33(43)38-14-18-45-19-17-42/h6-7,20-22,25,28,42H,3-5,8-19,23-24H2,1-2H3,(H,38,43). The average molecular weight is 653 g/mol. The summed E-state index contributed by atoms with van der Waals surface area (Å²) < 4.78 is 31.1. The van der Waals surface area contributed by atoms with Crippen molar-refractivity contribution in [3.8, 4) is 17.0 Å². The Hall–Kier alpha value is -3.28. The maximum atomic E-state index is 13.6. The third-order valence-corrected chi connectivity index (χ3v) is 10.5. The molecular formula is C36H49FN4O6. The number of hydrogen-bond donors (Lipinski definition) is 2. The number of aliphatic hydroxyl groups excluding tert-OH is 1. The van der Waals surface area contributed by atoms with Gasteiger partial charge in [0.25, 0.3) is 0 Å². The van der Waals surface area contributed by atoms with Crippen LogP contribution >= 0.6 is 0 Å². The highest BCUT2D eigenvalue weighted by molar-refractivity contribution is 5.82. The van der Waals surface area contributed by atoms with E-state index >= 15 is 0 Å². The van der Waals surface area contributed by atoms with Crippen molar-refractivity contribution in [3.63, 3.8) is 0 Å². The fraction of sp³-hybridized carbons (Fsp3) is 0.639. The quantitative estimate of drug-likeness (QED) is 0.290. The van der Waals surface area contributed by atoms with E-state index in [0.29, 0.717) is 45.1 Å². The van der Waals surface area contributed by atoms with Gasteiger partial charge in [0.15, 0.2) is 0 Å². The number of benzene rings is 1. The molecule has 2 aliphatic carbocycles. The SMILES string of the molecule is CCOc1cc(-c2ccc(F)cn2)c(C2CC2)cc1CN1CCC2(CC1)CN(C1CCC(C)(C(=O)NCCOCCO)CC1)C(=O)O2. The second kappa shape index (κ2) is 14.5. The molecule has 6 rings (SSSR count).